The second-order valence-corrected chi connectivity index (χ2v) is 7.51. The lowest BCUT2D eigenvalue weighted by Crippen LogP contribution is -2.07. The quantitative estimate of drug-likeness (QED) is 0.765. The van der Waals surface area contributed by atoms with E-state index in [1.165, 1.54) is 12.1 Å². The summed E-state index contributed by atoms with van der Waals surface area (Å²) in [5.41, 5.74) is 1.03. The summed E-state index contributed by atoms with van der Waals surface area (Å²) in [6.07, 6.45) is 1.19. The van der Waals surface area contributed by atoms with Crippen molar-refractivity contribution in [2.75, 3.05) is 12.4 Å². The number of benzene rings is 2. The molecule has 0 amide bonds. The van der Waals surface area contributed by atoms with Crippen LogP contribution in [0.1, 0.15) is 12.0 Å². The van der Waals surface area contributed by atoms with E-state index in [9.17, 15) is 8.42 Å². The summed E-state index contributed by atoms with van der Waals surface area (Å²) >= 11 is 5.77. The van der Waals surface area contributed by atoms with E-state index in [4.69, 9.17) is 21.6 Å². The van der Waals surface area contributed by atoms with Crippen molar-refractivity contribution >= 4 is 21.4 Å². The number of aryl methyl sites for hydroxylation is 1. The monoisotopic (exact) mass is 349 g/mol. The largest absolute Gasteiger partial charge is 0.479 e. The molecule has 6 heteroatoms. The minimum absolute atomic E-state index is 0.0126. The number of hydrogen-bond acceptors (Lipinski definition) is 4. The van der Waals surface area contributed by atoms with Gasteiger partial charge >= 0.3 is 0 Å². The minimum atomic E-state index is -3.29. The molecule has 0 N–H and O–H groups in total. The predicted octanol–water partition coefficient (Wildman–Crippen LogP) is 3.65. The lowest BCUT2D eigenvalue weighted by atomic mass is 10.1. The third-order valence-electron chi connectivity index (χ3n) is 3.28. The Hall–Kier alpha value is -2.03. The van der Waals surface area contributed by atoms with Crippen LogP contribution in [-0.4, -0.2) is 20.8 Å². The van der Waals surface area contributed by atoms with Crippen molar-refractivity contribution in [2.24, 2.45) is 0 Å². The normalized spacial score (nSPS) is 11.0. The van der Waals surface area contributed by atoms with E-state index in [-0.39, 0.29) is 12.4 Å². The molecule has 0 fully saturated rings. The van der Waals surface area contributed by atoms with Gasteiger partial charge in [-0.25, -0.2) is 8.42 Å². The van der Waals surface area contributed by atoms with Crippen LogP contribution in [0.4, 0.5) is 0 Å². The van der Waals surface area contributed by atoms with Crippen molar-refractivity contribution in [3.63, 3.8) is 0 Å². The zero-order valence-corrected chi connectivity index (χ0v) is 14.0. The maximum atomic E-state index is 12.2. The van der Waals surface area contributed by atoms with E-state index in [1.807, 2.05) is 18.2 Å². The van der Waals surface area contributed by atoms with Gasteiger partial charge in [0.25, 0.3) is 0 Å². The summed E-state index contributed by atoms with van der Waals surface area (Å²) in [5.74, 6) is 0.713. The first-order valence-electron chi connectivity index (χ1n) is 7.08. The molecule has 120 valence electrons. The van der Waals surface area contributed by atoms with Crippen LogP contribution < -0.4 is 4.74 Å². The van der Waals surface area contributed by atoms with Crippen LogP contribution in [-0.2, 0) is 16.3 Å². The van der Waals surface area contributed by atoms with Crippen LogP contribution >= 0.6 is 11.6 Å². The van der Waals surface area contributed by atoms with Crippen LogP contribution in [0.2, 0.25) is 5.02 Å². The molecule has 0 saturated heterocycles. The number of hydrogen-bond donors (Lipinski definition) is 0. The molecular weight excluding hydrogens is 334 g/mol. The molecule has 0 atom stereocenters. The van der Waals surface area contributed by atoms with Crippen LogP contribution in [0.5, 0.6) is 5.75 Å². The molecule has 0 spiro atoms. The highest BCUT2D eigenvalue weighted by Gasteiger charge is 2.13. The highest BCUT2D eigenvalue weighted by atomic mass is 35.5. The Bertz CT molecular complexity index is 778. The van der Waals surface area contributed by atoms with Crippen molar-refractivity contribution < 1.29 is 13.2 Å². The number of sulfone groups is 1. The van der Waals surface area contributed by atoms with E-state index in [0.717, 1.165) is 5.56 Å². The van der Waals surface area contributed by atoms with Crippen LogP contribution in [0.15, 0.2) is 53.4 Å². The van der Waals surface area contributed by atoms with Crippen LogP contribution in [0.3, 0.4) is 0 Å². The van der Waals surface area contributed by atoms with Gasteiger partial charge in [0.15, 0.2) is 16.4 Å². The van der Waals surface area contributed by atoms with E-state index >= 15 is 0 Å². The molecule has 0 unspecified atom stereocenters. The highest BCUT2D eigenvalue weighted by molar-refractivity contribution is 7.91. The highest BCUT2D eigenvalue weighted by Crippen LogP contribution is 2.18. The summed E-state index contributed by atoms with van der Waals surface area (Å²) < 4.78 is 29.6. The average Bonchev–Trinajstić information content (AvgIpc) is 2.54. The SMILES string of the molecule is N#CCOc1ccc(CCCS(=O)(=O)c2ccc(Cl)cc2)cc1. The Balaban J connectivity index is 1.89. The first-order chi connectivity index (χ1) is 11.0. The number of rotatable bonds is 7. The molecule has 0 saturated carbocycles. The number of nitriles is 1. The molecule has 0 aliphatic rings. The molecule has 0 aliphatic heterocycles. The maximum absolute atomic E-state index is 12.2. The first-order valence-corrected chi connectivity index (χ1v) is 9.11. The second-order valence-electron chi connectivity index (χ2n) is 4.97. The Morgan fingerprint density at radius 2 is 1.70 bits per heavy atom. The summed E-state index contributed by atoms with van der Waals surface area (Å²) in [7, 11) is -3.29. The fraction of sp³-hybridized carbons (Fsp3) is 0.235. The molecule has 0 aliphatic carbocycles. The summed E-state index contributed by atoms with van der Waals surface area (Å²) in [6.45, 7) is 0.0126. The lowest BCUT2D eigenvalue weighted by Gasteiger charge is -2.06. The number of nitrogens with zero attached hydrogens (tertiary/aromatic N) is 1. The van der Waals surface area contributed by atoms with Gasteiger partial charge in [0.2, 0.25) is 0 Å². The molecule has 23 heavy (non-hydrogen) atoms. The van der Waals surface area contributed by atoms with E-state index < -0.39 is 9.84 Å². The van der Waals surface area contributed by atoms with Crippen LogP contribution in [0.25, 0.3) is 0 Å². The van der Waals surface area contributed by atoms with Gasteiger partial charge in [-0.1, -0.05) is 23.7 Å². The molecule has 0 heterocycles. The van der Waals surface area contributed by atoms with E-state index in [2.05, 4.69) is 0 Å². The second kappa shape index (κ2) is 8.00. The van der Waals surface area contributed by atoms with Crippen molar-refractivity contribution in [1.82, 2.24) is 0 Å². The minimum Gasteiger partial charge on any atom is -0.479 e. The zero-order valence-electron chi connectivity index (χ0n) is 12.4. The molecular formula is C17H16ClNO3S. The molecule has 2 aromatic rings. The average molecular weight is 350 g/mol. The maximum Gasteiger partial charge on any atom is 0.178 e. The third-order valence-corrected chi connectivity index (χ3v) is 5.35. The Kier molecular flexibility index (Phi) is 6.03. The first kappa shape index (κ1) is 17.3. The van der Waals surface area contributed by atoms with E-state index in [1.54, 1.807) is 24.3 Å². The Labute approximate surface area is 141 Å². The smallest absolute Gasteiger partial charge is 0.178 e. The molecule has 0 aromatic heterocycles. The van der Waals surface area contributed by atoms with Crippen LogP contribution in [0, 0.1) is 11.3 Å². The lowest BCUT2D eigenvalue weighted by molar-refractivity contribution is 0.368. The number of halogens is 1. The topological polar surface area (TPSA) is 67.2 Å². The van der Waals surface area contributed by atoms with Gasteiger partial charge in [-0.05, 0) is 54.8 Å². The van der Waals surface area contributed by atoms with Gasteiger partial charge in [-0.3, -0.25) is 0 Å². The van der Waals surface area contributed by atoms with Gasteiger partial charge in [0, 0.05) is 5.02 Å². The van der Waals surface area contributed by atoms with Crippen molar-refractivity contribution in [1.29, 1.82) is 5.26 Å². The Morgan fingerprint density at radius 3 is 2.30 bits per heavy atom. The molecule has 2 aromatic carbocycles. The van der Waals surface area contributed by atoms with Crippen molar-refractivity contribution in [3.8, 4) is 11.8 Å². The summed E-state index contributed by atoms with van der Waals surface area (Å²) in [6, 6.07) is 15.4. The van der Waals surface area contributed by atoms with Gasteiger partial charge in [0.1, 0.15) is 11.8 Å². The van der Waals surface area contributed by atoms with Crippen molar-refractivity contribution in [3.05, 3.63) is 59.1 Å². The van der Waals surface area contributed by atoms with Gasteiger partial charge in [-0.15, -0.1) is 0 Å². The molecule has 0 radical (unpaired) electrons. The van der Waals surface area contributed by atoms with Gasteiger partial charge < -0.3 is 4.74 Å². The van der Waals surface area contributed by atoms with Gasteiger partial charge in [-0.2, -0.15) is 5.26 Å². The standard InChI is InChI=1S/C17H16ClNO3S/c18-15-5-9-17(10-6-15)23(20,21)13-1-2-14-3-7-16(8-4-14)22-12-11-19/h3-10H,1-2,12-13H2. The molecule has 4 nitrogen and oxygen atoms in total. The predicted molar refractivity (Wildman–Crippen MR) is 89.4 cm³/mol. The molecule has 2 rings (SSSR count). The van der Waals surface area contributed by atoms with Crippen molar-refractivity contribution in [2.45, 2.75) is 17.7 Å². The zero-order chi connectivity index (χ0) is 16.7. The number of ether oxygens (including phenoxy) is 1. The third kappa shape index (κ3) is 5.27. The Morgan fingerprint density at radius 1 is 1.04 bits per heavy atom. The fourth-order valence-corrected chi connectivity index (χ4v) is 3.53. The summed E-state index contributed by atoms with van der Waals surface area (Å²) in [4.78, 5) is 0.294. The fourth-order valence-electron chi connectivity index (χ4n) is 2.09. The molecule has 0 bridgehead atoms. The summed E-state index contributed by atoms with van der Waals surface area (Å²) in [5, 5.41) is 8.96. The van der Waals surface area contributed by atoms with E-state index in [0.29, 0.717) is 28.5 Å². The van der Waals surface area contributed by atoms with Gasteiger partial charge in [0.05, 0.1) is 10.6 Å².